The number of hydrogen-bond donors (Lipinski definition) is 1. The smallest absolute Gasteiger partial charge is 0.223 e. The molecule has 134 valence electrons. The van der Waals surface area contributed by atoms with E-state index in [0.717, 1.165) is 31.6 Å². The van der Waals surface area contributed by atoms with E-state index in [1.54, 1.807) is 0 Å². The van der Waals surface area contributed by atoms with Gasteiger partial charge in [-0.05, 0) is 36.3 Å². The fourth-order valence-corrected chi connectivity index (χ4v) is 3.59. The van der Waals surface area contributed by atoms with Crippen LogP contribution >= 0.6 is 0 Å². The van der Waals surface area contributed by atoms with Crippen LogP contribution in [0.2, 0.25) is 0 Å². The first-order valence-electron chi connectivity index (χ1n) is 9.42. The van der Waals surface area contributed by atoms with Crippen molar-refractivity contribution in [2.75, 3.05) is 13.1 Å². The normalized spacial score (nSPS) is 17.0. The second-order valence-corrected chi connectivity index (χ2v) is 7.57. The number of H-pyrrole nitrogens is 1. The van der Waals surface area contributed by atoms with Gasteiger partial charge in [-0.1, -0.05) is 51.1 Å². The molecule has 1 N–H and O–H groups in total. The molecule has 1 fully saturated rings. The summed E-state index contributed by atoms with van der Waals surface area (Å²) in [5.41, 5.74) is 3.60. The van der Waals surface area contributed by atoms with Crippen molar-refractivity contribution in [1.29, 1.82) is 0 Å². The summed E-state index contributed by atoms with van der Waals surface area (Å²) in [7, 11) is 0. The van der Waals surface area contributed by atoms with Gasteiger partial charge >= 0.3 is 0 Å². The summed E-state index contributed by atoms with van der Waals surface area (Å²) >= 11 is 0. The van der Waals surface area contributed by atoms with Crippen LogP contribution in [0.3, 0.4) is 0 Å². The van der Waals surface area contributed by atoms with Crippen LogP contribution in [-0.2, 0) is 4.79 Å². The number of nitrogens with zero attached hydrogens (tertiary/aromatic N) is 2. The molecule has 0 bridgehead atoms. The number of aromatic amines is 1. The minimum absolute atomic E-state index is 0.271. The molecule has 2 aromatic rings. The van der Waals surface area contributed by atoms with E-state index in [4.69, 9.17) is 0 Å². The lowest BCUT2D eigenvalue weighted by atomic mass is 9.92. The van der Waals surface area contributed by atoms with Gasteiger partial charge in [0.2, 0.25) is 5.91 Å². The maximum atomic E-state index is 12.6. The van der Waals surface area contributed by atoms with E-state index in [1.807, 2.05) is 23.1 Å². The number of piperidine rings is 1. The molecule has 1 aromatic carbocycles. The zero-order chi connectivity index (χ0) is 17.8. The molecule has 0 radical (unpaired) electrons. The molecule has 1 amide bonds. The number of amides is 1. The largest absolute Gasteiger partial charge is 0.343 e. The lowest BCUT2D eigenvalue weighted by Crippen LogP contribution is -2.38. The van der Waals surface area contributed by atoms with Crippen LogP contribution < -0.4 is 0 Å². The molecule has 1 aliphatic heterocycles. The minimum Gasteiger partial charge on any atom is -0.343 e. The van der Waals surface area contributed by atoms with Crippen LogP contribution in [0, 0.1) is 0 Å². The van der Waals surface area contributed by atoms with E-state index < -0.39 is 0 Å². The maximum Gasteiger partial charge on any atom is 0.223 e. The molecule has 4 heteroatoms. The average molecular weight is 339 g/mol. The SMILES string of the molecule is CC(C)c1cc(C2CCN(C(=O)C[C@@H](C)c3ccccc3)CC2)[nH]n1. The summed E-state index contributed by atoms with van der Waals surface area (Å²) in [5, 5.41) is 7.61. The molecule has 0 saturated carbocycles. The molecule has 0 aliphatic carbocycles. The van der Waals surface area contributed by atoms with E-state index in [2.05, 4.69) is 49.2 Å². The van der Waals surface area contributed by atoms with E-state index in [0.29, 0.717) is 18.3 Å². The standard InChI is InChI=1S/C21H29N3O/c1-15(2)19-14-20(23-22-19)18-9-11-24(12-10-18)21(25)13-16(3)17-7-5-4-6-8-17/h4-8,14-16,18H,9-13H2,1-3H3,(H,22,23)/t16-/m1/s1. The van der Waals surface area contributed by atoms with Crippen LogP contribution in [0.25, 0.3) is 0 Å². The molecule has 1 aromatic heterocycles. The van der Waals surface area contributed by atoms with E-state index >= 15 is 0 Å². The number of nitrogens with one attached hydrogen (secondary N) is 1. The lowest BCUT2D eigenvalue weighted by molar-refractivity contribution is -0.132. The third-order valence-electron chi connectivity index (χ3n) is 5.35. The Kier molecular flexibility index (Phi) is 5.57. The molecule has 1 saturated heterocycles. The maximum absolute atomic E-state index is 12.6. The van der Waals surface area contributed by atoms with Crippen molar-refractivity contribution in [3.05, 3.63) is 53.3 Å². The van der Waals surface area contributed by atoms with Crippen LogP contribution in [0.5, 0.6) is 0 Å². The van der Waals surface area contributed by atoms with Gasteiger partial charge < -0.3 is 4.90 Å². The summed E-state index contributed by atoms with van der Waals surface area (Å²) < 4.78 is 0. The van der Waals surface area contributed by atoms with Crippen molar-refractivity contribution < 1.29 is 4.79 Å². The highest BCUT2D eigenvalue weighted by atomic mass is 16.2. The number of benzene rings is 1. The van der Waals surface area contributed by atoms with Gasteiger partial charge in [0.05, 0.1) is 5.69 Å². The third-order valence-corrected chi connectivity index (χ3v) is 5.35. The molecule has 2 heterocycles. The van der Waals surface area contributed by atoms with Crippen molar-refractivity contribution in [2.45, 2.75) is 57.8 Å². The number of aromatic nitrogens is 2. The quantitative estimate of drug-likeness (QED) is 0.876. The predicted octanol–water partition coefficient (Wildman–Crippen LogP) is 4.43. The minimum atomic E-state index is 0.271. The van der Waals surface area contributed by atoms with Crippen molar-refractivity contribution in [2.24, 2.45) is 0 Å². The fraction of sp³-hybridized carbons (Fsp3) is 0.524. The van der Waals surface area contributed by atoms with Gasteiger partial charge in [-0.2, -0.15) is 5.10 Å². The lowest BCUT2D eigenvalue weighted by Gasteiger charge is -2.32. The summed E-state index contributed by atoms with van der Waals surface area (Å²) in [6.45, 7) is 8.16. The Morgan fingerprint density at radius 2 is 1.88 bits per heavy atom. The number of carbonyl (C=O) groups excluding carboxylic acids is 1. The second kappa shape index (κ2) is 7.85. The highest BCUT2D eigenvalue weighted by molar-refractivity contribution is 5.77. The molecule has 0 unspecified atom stereocenters. The summed E-state index contributed by atoms with van der Waals surface area (Å²) in [6, 6.07) is 12.5. The zero-order valence-electron chi connectivity index (χ0n) is 15.5. The molecule has 3 rings (SSSR count). The Hall–Kier alpha value is -2.10. The van der Waals surface area contributed by atoms with E-state index in [9.17, 15) is 4.79 Å². The topological polar surface area (TPSA) is 49.0 Å². The zero-order valence-corrected chi connectivity index (χ0v) is 15.5. The summed E-state index contributed by atoms with van der Waals surface area (Å²) in [6.07, 6.45) is 2.63. The predicted molar refractivity (Wildman–Crippen MR) is 101 cm³/mol. The van der Waals surface area contributed by atoms with Crippen molar-refractivity contribution in [3.8, 4) is 0 Å². The number of hydrogen-bond acceptors (Lipinski definition) is 2. The molecule has 0 spiro atoms. The Bertz CT molecular complexity index is 684. The van der Waals surface area contributed by atoms with Crippen LogP contribution in [-0.4, -0.2) is 34.1 Å². The Labute approximate surface area is 150 Å². The van der Waals surface area contributed by atoms with Gasteiger partial charge in [0.25, 0.3) is 0 Å². The van der Waals surface area contributed by atoms with Crippen LogP contribution in [0.1, 0.15) is 74.7 Å². The monoisotopic (exact) mass is 339 g/mol. The highest BCUT2D eigenvalue weighted by Gasteiger charge is 2.26. The molecule has 4 nitrogen and oxygen atoms in total. The second-order valence-electron chi connectivity index (χ2n) is 7.57. The van der Waals surface area contributed by atoms with Crippen molar-refractivity contribution >= 4 is 5.91 Å². The molecule has 25 heavy (non-hydrogen) atoms. The molecular weight excluding hydrogens is 310 g/mol. The highest BCUT2D eigenvalue weighted by Crippen LogP contribution is 2.29. The van der Waals surface area contributed by atoms with Gasteiger partial charge in [0.15, 0.2) is 0 Å². The van der Waals surface area contributed by atoms with Crippen LogP contribution in [0.4, 0.5) is 0 Å². The summed E-state index contributed by atoms with van der Waals surface area (Å²) in [5.74, 6) is 1.50. The van der Waals surface area contributed by atoms with Crippen LogP contribution in [0.15, 0.2) is 36.4 Å². The summed E-state index contributed by atoms with van der Waals surface area (Å²) in [4.78, 5) is 14.7. The number of carbonyl (C=O) groups is 1. The first-order chi connectivity index (χ1) is 12.0. The molecule has 1 aliphatic rings. The van der Waals surface area contributed by atoms with Gasteiger partial charge in [-0.25, -0.2) is 0 Å². The van der Waals surface area contributed by atoms with E-state index in [1.165, 1.54) is 11.3 Å². The average Bonchev–Trinajstić information content (AvgIpc) is 3.13. The van der Waals surface area contributed by atoms with Gasteiger partial charge in [0.1, 0.15) is 0 Å². The van der Waals surface area contributed by atoms with Gasteiger partial charge in [-0.15, -0.1) is 0 Å². The Morgan fingerprint density at radius 3 is 2.48 bits per heavy atom. The molecule has 1 atom stereocenters. The Balaban J connectivity index is 1.52. The first kappa shape index (κ1) is 17.7. The fourth-order valence-electron chi connectivity index (χ4n) is 3.59. The van der Waals surface area contributed by atoms with Gasteiger partial charge in [-0.3, -0.25) is 9.89 Å². The van der Waals surface area contributed by atoms with Crippen molar-refractivity contribution in [1.82, 2.24) is 15.1 Å². The third kappa shape index (κ3) is 4.30. The van der Waals surface area contributed by atoms with Gasteiger partial charge in [0, 0.05) is 31.1 Å². The number of likely N-dealkylation sites (tertiary alicyclic amines) is 1. The van der Waals surface area contributed by atoms with Crippen molar-refractivity contribution in [3.63, 3.8) is 0 Å². The van der Waals surface area contributed by atoms with E-state index in [-0.39, 0.29) is 11.8 Å². The Morgan fingerprint density at radius 1 is 1.20 bits per heavy atom. The number of rotatable bonds is 5. The molecular formula is C21H29N3O. The first-order valence-corrected chi connectivity index (χ1v) is 9.42.